The lowest BCUT2D eigenvalue weighted by atomic mass is 10.3. The van der Waals surface area contributed by atoms with Gasteiger partial charge in [-0.05, 0) is 49.2 Å². The number of furan rings is 1. The second-order valence-corrected chi connectivity index (χ2v) is 7.93. The molecule has 3 amide bonds. The smallest absolute Gasteiger partial charge is 0.322 e. The highest BCUT2D eigenvalue weighted by atomic mass is 16.5. The van der Waals surface area contributed by atoms with Gasteiger partial charge in [0.05, 0.1) is 32.1 Å². The number of hydrogen-bond acceptors (Lipinski definition) is 4. The Hall–Kier alpha value is -3.68. The number of carbonyl (C=O) groups excluding carboxylic acids is 2. The highest BCUT2D eigenvalue weighted by Gasteiger charge is 2.35. The summed E-state index contributed by atoms with van der Waals surface area (Å²) in [6, 6.07) is 14.6. The molecule has 0 radical (unpaired) electrons. The Bertz CT molecular complexity index is 1060. The van der Waals surface area contributed by atoms with Gasteiger partial charge in [0.15, 0.2) is 0 Å². The van der Waals surface area contributed by atoms with Crippen molar-refractivity contribution in [2.75, 3.05) is 19.0 Å². The number of benzene rings is 1. The Morgan fingerprint density at radius 2 is 1.94 bits per heavy atom. The Kier molecular flexibility index (Phi) is 6.49. The van der Waals surface area contributed by atoms with Crippen LogP contribution in [0.3, 0.4) is 0 Å². The van der Waals surface area contributed by atoms with E-state index in [0.29, 0.717) is 30.3 Å². The van der Waals surface area contributed by atoms with Crippen LogP contribution in [0.25, 0.3) is 0 Å². The molecular formula is C24H28N4O4. The van der Waals surface area contributed by atoms with Gasteiger partial charge in [-0.1, -0.05) is 12.1 Å². The predicted octanol–water partition coefficient (Wildman–Crippen LogP) is 3.85. The molecule has 4 rings (SSSR count). The van der Waals surface area contributed by atoms with Crippen LogP contribution in [0.15, 0.2) is 65.4 Å². The van der Waals surface area contributed by atoms with Gasteiger partial charge >= 0.3 is 6.03 Å². The number of nitrogens with zero attached hydrogens (tertiary/aromatic N) is 3. The molecule has 2 aromatic heterocycles. The second-order valence-electron chi connectivity index (χ2n) is 7.93. The summed E-state index contributed by atoms with van der Waals surface area (Å²) < 4.78 is 12.8. The van der Waals surface area contributed by atoms with Crippen molar-refractivity contribution >= 4 is 17.6 Å². The largest absolute Gasteiger partial charge is 0.495 e. The van der Waals surface area contributed by atoms with Crippen molar-refractivity contribution in [3.8, 4) is 5.75 Å². The molecule has 0 bridgehead atoms. The number of para-hydroxylation sites is 2. The number of carbonyl (C=O) groups is 2. The average molecular weight is 437 g/mol. The molecule has 8 heteroatoms. The molecule has 0 spiro atoms. The Labute approximate surface area is 187 Å². The van der Waals surface area contributed by atoms with Crippen molar-refractivity contribution in [3.05, 3.63) is 72.4 Å². The zero-order valence-corrected chi connectivity index (χ0v) is 18.4. The Morgan fingerprint density at radius 1 is 1.12 bits per heavy atom. The Morgan fingerprint density at radius 3 is 2.59 bits per heavy atom. The molecule has 32 heavy (non-hydrogen) atoms. The van der Waals surface area contributed by atoms with Crippen molar-refractivity contribution < 1.29 is 18.7 Å². The van der Waals surface area contributed by atoms with E-state index in [0.717, 1.165) is 18.5 Å². The lowest BCUT2D eigenvalue weighted by Crippen LogP contribution is -2.45. The molecule has 0 saturated heterocycles. The fourth-order valence-corrected chi connectivity index (χ4v) is 3.61. The van der Waals surface area contributed by atoms with Crippen molar-refractivity contribution in [3.63, 3.8) is 0 Å². The van der Waals surface area contributed by atoms with Crippen molar-refractivity contribution in [1.29, 1.82) is 0 Å². The van der Waals surface area contributed by atoms with Crippen LogP contribution in [0.4, 0.5) is 10.5 Å². The molecule has 3 aromatic rings. The first-order chi connectivity index (χ1) is 15.5. The maximum Gasteiger partial charge on any atom is 0.322 e. The maximum absolute atomic E-state index is 13.4. The fraction of sp³-hybridized carbons (Fsp3) is 0.333. The summed E-state index contributed by atoms with van der Waals surface area (Å²) in [5.74, 6) is 1.14. The van der Waals surface area contributed by atoms with E-state index in [1.165, 1.54) is 0 Å². The van der Waals surface area contributed by atoms with Gasteiger partial charge in [0.2, 0.25) is 5.91 Å². The highest BCUT2D eigenvalue weighted by Crippen LogP contribution is 2.29. The standard InChI is InChI=1S/C24H28N4O4/c1-26-13-5-7-19(26)15-27(16-20-8-6-14-32-20)23(29)17-28(18-11-12-18)24(30)25-21-9-3-4-10-22(21)31-2/h3-10,13-14,18H,11-12,15-17H2,1-2H3,(H,25,30). The van der Waals surface area contributed by atoms with Gasteiger partial charge in [0.25, 0.3) is 0 Å². The van der Waals surface area contributed by atoms with E-state index < -0.39 is 0 Å². The first kappa shape index (κ1) is 21.5. The lowest BCUT2D eigenvalue weighted by molar-refractivity contribution is -0.133. The molecule has 0 atom stereocenters. The molecule has 1 N–H and O–H groups in total. The van der Waals surface area contributed by atoms with E-state index in [1.54, 1.807) is 41.4 Å². The number of urea groups is 1. The first-order valence-electron chi connectivity index (χ1n) is 10.7. The molecule has 1 aromatic carbocycles. The summed E-state index contributed by atoms with van der Waals surface area (Å²) in [5, 5.41) is 2.90. The fourth-order valence-electron chi connectivity index (χ4n) is 3.61. The van der Waals surface area contributed by atoms with E-state index in [4.69, 9.17) is 9.15 Å². The summed E-state index contributed by atoms with van der Waals surface area (Å²) in [5.41, 5.74) is 1.58. The van der Waals surface area contributed by atoms with E-state index in [2.05, 4.69) is 5.32 Å². The number of rotatable bonds is 9. The molecule has 0 unspecified atom stereocenters. The van der Waals surface area contributed by atoms with Gasteiger partial charge in [0.1, 0.15) is 18.1 Å². The van der Waals surface area contributed by atoms with Gasteiger partial charge in [-0.2, -0.15) is 0 Å². The second kappa shape index (κ2) is 9.64. The summed E-state index contributed by atoms with van der Waals surface area (Å²) in [6.07, 6.45) is 5.32. The van der Waals surface area contributed by atoms with E-state index in [-0.39, 0.29) is 24.5 Å². The molecular weight excluding hydrogens is 408 g/mol. The first-order valence-corrected chi connectivity index (χ1v) is 10.7. The van der Waals surface area contributed by atoms with Crippen LogP contribution < -0.4 is 10.1 Å². The van der Waals surface area contributed by atoms with Gasteiger partial charge in [-0.3, -0.25) is 4.79 Å². The minimum absolute atomic E-state index is 0.00319. The third-order valence-electron chi connectivity index (χ3n) is 5.59. The average Bonchev–Trinajstić information content (AvgIpc) is 3.35. The van der Waals surface area contributed by atoms with Crippen LogP contribution in [0.2, 0.25) is 0 Å². The SMILES string of the molecule is COc1ccccc1NC(=O)N(CC(=O)N(Cc1ccco1)Cc1cccn1C)C1CC1. The molecule has 2 heterocycles. The highest BCUT2D eigenvalue weighted by molar-refractivity contribution is 5.94. The van der Waals surface area contributed by atoms with Crippen LogP contribution in [0.1, 0.15) is 24.3 Å². The molecule has 1 fully saturated rings. The van der Waals surface area contributed by atoms with Crippen LogP contribution in [0, 0.1) is 0 Å². The number of hydrogen-bond donors (Lipinski definition) is 1. The van der Waals surface area contributed by atoms with Crippen molar-refractivity contribution in [1.82, 2.24) is 14.4 Å². The molecule has 168 valence electrons. The monoisotopic (exact) mass is 436 g/mol. The zero-order valence-electron chi connectivity index (χ0n) is 18.4. The summed E-state index contributed by atoms with van der Waals surface area (Å²) >= 11 is 0. The third kappa shape index (κ3) is 5.14. The van der Waals surface area contributed by atoms with Crippen LogP contribution in [-0.4, -0.2) is 46.0 Å². The molecule has 0 aliphatic heterocycles. The number of aromatic nitrogens is 1. The minimum atomic E-state index is -0.304. The number of ether oxygens (including phenoxy) is 1. The summed E-state index contributed by atoms with van der Waals surface area (Å²) in [6.45, 7) is 0.760. The molecule has 1 aliphatic carbocycles. The van der Waals surface area contributed by atoms with E-state index in [9.17, 15) is 9.59 Å². The molecule has 1 saturated carbocycles. The van der Waals surface area contributed by atoms with E-state index >= 15 is 0 Å². The number of amides is 3. The normalized spacial score (nSPS) is 12.9. The quantitative estimate of drug-likeness (QED) is 0.553. The number of nitrogens with one attached hydrogen (secondary N) is 1. The summed E-state index contributed by atoms with van der Waals surface area (Å²) in [7, 11) is 3.51. The lowest BCUT2D eigenvalue weighted by Gasteiger charge is -2.28. The number of aryl methyl sites for hydroxylation is 1. The number of methoxy groups -OCH3 is 1. The predicted molar refractivity (Wildman–Crippen MR) is 120 cm³/mol. The van der Waals surface area contributed by atoms with E-state index in [1.807, 2.05) is 48.1 Å². The van der Waals surface area contributed by atoms with Gasteiger partial charge in [-0.25, -0.2) is 4.79 Å². The topological polar surface area (TPSA) is 80.0 Å². The Balaban J connectivity index is 1.49. The van der Waals surface area contributed by atoms with Gasteiger partial charge < -0.3 is 28.8 Å². The minimum Gasteiger partial charge on any atom is -0.495 e. The van der Waals surface area contributed by atoms with Crippen molar-refractivity contribution in [2.45, 2.75) is 32.0 Å². The van der Waals surface area contributed by atoms with Crippen molar-refractivity contribution in [2.24, 2.45) is 7.05 Å². The van der Waals surface area contributed by atoms with Crippen LogP contribution >= 0.6 is 0 Å². The maximum atomic E-state index is 13.4. The van der Waals surface area contributed by atoms with Gasteiger partial charge in [0, 0.05) is 25.0 Å². The summed E-state index contributed by atoms with van der Waals surface area (Å²) in [4.78, 5) is 29.8. The van der Waals surface area contributed by atoms with Crippen LogP contribution in [-0.2, 0) is 24.9 Å². The third-order valence-corrected chi connectivity index (χ3v) is 5.59. The van der Waals surface area contributed by atoms with Crippen LogP contribution in [0.5, 0.6) is 5.75 Å². The van der Waals surface area contributed by atoms with Gasteiger partial charge in [-0.15, -0.1) is 0 Å². The molecule has 8 nitrogen and oxygen atoms in total. The zero-order chi connectivity index (χ0) is 22.5. The molecule has 1 aliphatic rings. The number of anilines is 1.